The van der Waals surface area contributed by atoms with E-state index in [0.717, 1.165) is 17.8 Å². The van der Waals surface area contributed by atoms with Crippen LogP contribution in [0, 0.1) is 0 Å². The molecule has 5 nitrogen and oxygen atoms in total. The summed E-state index contributed by atoms with van der Waals surface area (Å²) >= 11 is 0. The summed E-state index contributed by atoms with van der Waals surface area (Å²) in [7, 11) is 2.19. The Hall–Kier alpha value is -1.88. The Morgan fingerprint density at radius 1 is 1.37 bits per heavy atom. The van der Waals surface area contributed by atoms with E-state index in [4.69, 9.17) is 5.73 Å². The number of imidazole rings is 1. The first-order valence-electron chi connectivity index (χ1n) is 6.66. The van der Waals surface area contributed by atoms with Crippen LogP contribution in [0.4, 0.5) is 5.82 Å². The summed E-state index contributed by atoms with van der Waals surface area (Å²) in [6.45, 7) is 2.17. The number of likely N-dealkylation sites (N-methyl/N-ethyl adjacent to an activating group) is 1. The van der Waals surface area contributed by atoms with Crippen molar-refractivity contribution in [2.75, 3.05) is 19.3 Å². The first-order chi connectivity index (χ1) is 9.24. The molecule has 100 valence electrons. The van der Waals surface area contributed by atoms with E-state index in [1.54, 1.807) is 6.20 Å². The average molecular weight is 257 g/mol. The van der Waals surface area contributed by atoms with Gasteiger partial charge in [-0.2, -0.15) is 0 Å². The lowest BCUT2D eigenvalue weighted by Crippen LogP contribution is -2.29. The number of pyridine rings is 1. The van der Waals surface area contributed by atoms with Gasteiger partial charge in [-0.05, 0) is 38.6 Å². The molecule has 5 heteroatoms. The number of anilines is 1. The molecule has 0 bridgehead atoms. The highest BCUT2D eigenvalue weighted by molar-refractivity contribution is 5.59. The molecule has 0 radical (unpaired) electrons. The van der Waals surface area contributed by atoms with Gasteiger partial charge in [-0.3, -0.25) is 0 Å². The highest BCUT2D eigenvalue weighted by Gasteiger charge is 2.21. The van der Waals surface area contributed by atoms with Crippen LogP contribution in [0.25, 0.3) is 11.3 Å². The standard InChI is InChI=1S/C14H19N5/c1-18-6-2-3-12(18)9-19-10-16-8-13(19)11-4-5-14(15)17-7-11/h4-5,7-8,10,12H,2-3,6,9H2,1H3,(H2,15,17). The van der Waals surface area contributed by atoms with Gasteiger partial charge >= 0.3 is 0 Å². The van der Waals surface area contributed by atoms with Crippen LogP contribution in [0.2, 0.25) is 0 Å². The monoisotopic (exact) mass is 257 g/mol. The first-order valence-corrected chi connectivity index (χ1v) is 6.66. The number of aromatic nitrogens is 3. The van der Waals surface area contributed by atoms with Crippen molar-refractivity contribution >= 4 is 5.82 Å². The fourth-order valence-corrected chi connectivity index (χ4v) is 2.70. The number of nitrogens with two attached hydrogens (primary N) is 1. The molecule has 1 saturated heterocycles. The molecule has 3 rings (SSSR count). The maximum Gasteiger partial charge on any atom is 0.123 e. The second kappa shape index (κ2) is 5.01. The van der Waals surface area contributed by atoms with Gasteiger partial charge in [0, 0.05) is 24.3 Å². The molecule has 0 saturated carbocycles. The minimum absolute atomic E-state index is 0.547. The number of nitrogen functional groups attached to an aromatic ring is 1. The zero-order valence-electron chi connectivity index (χ0n) is 11.2. The zero-order chi connectivity index (χ0) is 13.2. The molecule has 0 spiro atoms. The van der Waals surface area contributed by atoms with Crippen LogP contribution < -0.4 is 5.73 Å². The number of likely N-dealkylation sites (tertiary alicyclic amines) is 1. The largest absolute Gasteiger partial charge is 0.384 e. The summed E-state index contributed by atoms with van der Waals surface area (Å²) in [6, 6.07) is 4.43. The molecule has 2 N–H and O–H groups in total. The normalized spacial score (nSPS) is 19.9. The fourth-order valence-electron chi connectivity index (χ4n) is 2.70. The maximum absolute atomic E-state index is 5.63. The minimum Gasteiger partial charge on any atom is -0.384 e. The van der Waals surface area contributed by atoms with Gasteiger partial charge in [-0.1, -0.05) is 0 Å². The molecule has 1 aliphatic rings. The van der Waals surface area contributed by atoms with E-state index in [1.165, 1.54) is 19.4 Å². The van der Waals surface area contributed by atoms with Crippen molar-refractivity contribution in [3.63, 3.8) is 0 Å². The van der Waals surface area contributed by atoms with E-state index in [0.29, 0.717) is 11.9 Å². The Balaban J connectivity index is 1.84. The number of rotatable bonds is 3. The molecule has 1 fully saturated rings. The zero-order valence-corrected chi connectivity index (χ0v) is 11.2. The molecule has 0 aliphatic carbocycles. The summed E-state index contributed by atoms with van der Waals surface area (Å²) in [5.74, 6) is 0.547. The lowest BCUT2D eigenvalue weighted by molar-refractivity contribution is 0.283. The summed E-state index contributed by atoms with van der Waals surface area (Å²) in [5, 5.41) is 0. The predicted molar refractivity (Wildman–Crippen MR) is 75.5 cm³/mol. The molecule has 2 aromatic heterocycles. The van der Waals surface area contributed by atoms with Crippen LogP contribution in [0.15, 0.2) is 30.9 Å². The van der Waals surface area contributed by atoms with E-state index in [1.807, 2.05) is 24.7 Å². The Morgan fingerprint density at radius 2 is 2.26 bits per heavy atom. The summed E-state index contributed by atoms with van der Waals surface area (Å²) in [5.41, 5.74) is 7.79. The van der Waals surface area contributed by atoms with Gasteiger partial charge in [0.05, 0.1) is 18.2 Å². The Kier molecular flexibility index (Phi) is 3.21. The van der Waals surface area contributed by atoms with Crippen molar-refractivity contribution in [1.82, 2.24) is 19.4 Å². The van der Waals surface area contributed by atoms with Gasteiger partial charge in [0.15, 0.2) is 0 Å². The van der Waals surface area contributed by atoms with Gasteiger partial charge in [0.2, 0.25) is 0 Å². The molecular weight excluding hydrogens is 238 g/mol. The highest BCUT2D eigenvalue weighted by Crippen LogP contribution is 2.22. The van der Waals surface area contributed by atoms with Crippen LogP contribution >= 0.6 is 0 Å². The topological polar surface area (TPSA) is 60.0 Å². The van der Waals surface area contributed by atoms with Crippen molar-refractivity contribution < 1.29 is 0 Å². The molecular formula is C14H19N5. The molecule has 2 aromatic rings. The summed E-state index contributed by atoms with van der Waals surface area (Å²) in [4.78, 5) is 10.8. The Bertz CT molecular complexity index is 545. The lowest BCUT2D eigenvalue weighted by Gasteiger charge is -2.20. The first kappa shape index (κ1) is 12.2. The van der Waals surface area contributed by atoms with Crippen molar-refractivity contribution in [2.24, 2.45) is 0 Å². The van der Waals surface area contributed by atoms with Crippen LogP contribution in [-0.2, 0) is 6.54 Å². The molecule has 0 aromatic carbocycles. The van der Waals surface area contributed by atoms with Gasteiger partial charge in [-0.25, -0.2) is 9.97 Å². The third-order valence-electron chi connectivity index (χ3n) is 3.87. The lowest BCUT2D eigenvalue weighted by atomic mass is 10.2. The third kappa shape index (κ3) is 2.46. The van der Waals surface area contributed by atoms with Gasteiger partial charge < -0.3 is 15.2 Å². The molecule has 1 atom stereocenters. The molecule has 19 heavy (non-hydrogen) atoms. The van der Waals surface area contributed by atoms with E-state index in [-0.39, 0.29) is 0 Å². The highest BCUT2D eigenvalue weighted by atomic mass is 15.2. The minimum atomic E-state index is 0.547. The van der Waals surface area contributed by atoms with E-state index in [2.05, 4.69) is 26.5 Å². The van der Waals surface area contributed by atoms with Gasteiger partial charge in [0.25, 0.3) is 0 Å². The van der Waals surface area contributed by atoms with E-state index < -0.39 is 0 Å². The SMILES string of the molecule is CN1CCCC1Cn1cncc1-c1ccc(N)nc1. The number of nitrogens with zero attached hydrogens (tertiary/aromatic N) is 4. The summed E-state index contributed by atoms with van der Waals surface area (Å²) in [6.07, 6.45) is 8.14. The Morgan fingerprint density at radius 3 is 2.95 bits per heavy atom. The molecule has 1 aliphatic heterocycles. The second-order valence-electron chi connectivity index (χ2n) is 5.18. The van der Waals surface area contributed by atoms with Gasteiger partial charge in [-0.15, -0.1) is 0 Å². The molecule has 0 amide bonds. The smallest absolute Gasteiger partial charge is 0.123 e. The number of hydrogen-bond donors (Lipinski definition) is 1. The third-order valence-corrected chi connectivity index (χ3v) is 3.87. The van der Waals surface area contributed by atoms with Gasteiger partial charge in [0.1, 0.15) is 5.82 Å². The van der Waals surface area contributed by atoms with Crippen molar-refractivity contribution in [2.45, 2.75) is 25.4 Å². The van der Waals surface area contributed by atoms with Crippen LogP contribution in [0.5, 0.6) is 0 Å². The van der Waals surface area contributed by atoms with Crippen LogP contribution in [-0.4, -0.2) is 39.1 Å². The van der Waals surface area contributed by atoms with Crippen molar-refractivity contribution in [3.8, 4) is 11.3 Å². The molecule has 3 heterocycles. The van der Waals surface area contributed by atoms with Crippen molar-refractivity contribution in [1.29, 1.82) is 0 Å². The van der Waals surface area contributed by atoms with Crippen LogP contribution in [0.3, 0.4) is 0 Å². The second-order valence-corrected chi connectivity index (χ2v) is 5.18. The van der Waals surface area contributed by atoms with Crippen LogP contribution in [0.1, 0.15) is 12.8 Å². The van der Waals surface area contributed by atoms with E-state index >= 15 is 0 Å². The number of hydrogen-bond acceptors (Lipinski definition) is 4. The maximum atomic E-state index is 5.63. The van der Waals surface area contributed by atoms with Crippen molar-refractivity contribution in [3.05, 3.63) is 30.9 Å². The summed E-state index contributed by atoms with van der Waals surface area (Å²) < 4.78 is 2.21. The average Bonchev–Trinajstić information content (AvgIpc) is 3.01. The molecule has 1 unspecified atom stereocenters. The Labute approximate surface area is 113 Å². The quantitative estimate of drug-likeness (QED) is 0.907. The van der Waals surface area contributed by atoms with E-state index in [9.17, 15) is 0 Å². The predicted octanol–water partition coefficient (Wildman–Crippen LogP) is 1.62. The fraction of sp³-hybridized carbons (Fsp3) is 0.429.